The van der Waals surface area contributed by atoms with Crippen LogP contribution >= 0.6 is 0 Å². The number of rotatable bonds is 7. The zero-order valence-corrected chi connectivity index (χ0v) is 17.1. The van der Waals surface area contributed by atoms with Gasteiger partial charge in [0.1, 0.15) is 23.8 Å². The first-order chi connectivity index (χ1) is 15.1. The number of methoxy groups -OCH3 is 1. The van der Waals surface area contributed by atoms with E-state index in [0.717, 1.165) is 11.3 Å². The number of ether oxygens (including phenoxy) is 2. The van der Waals surface area contributed by atoms with Crippen LogP contribution < -0.4 is 14.8 Å². The standard InChI is InChI=1S/C23H21N5O3/c1-16-25-26-27-28(16)21-14-19(12-13-22(21)30-2)24-23(29)18-10-8-17(9-11-18)15-31-20-6-4-3-5-7-20/h3-14H,15H2,1-2H3,(H,24,29). The molecular weight excluding hydrogens is 394 g/mol. The molecule has 8 heteroatoms. The first kappa shape index (κ1) is 20.1. The fourth-order valence-corrected chi connectivity index (χ4v) is 3.03. The Morgan fingerprint density at radius 2 is 1.81 bits per heavy atom. The molecular formula is C23H21N5O3. The zero-order valence-electron chi connectivity index (χ0n) is 17.1. The summed E-state index contributed by atoms with van der Waals surface area (Å²) < 4.78 is 12.7. The Labute approximate surface area is 179 Å². The molecule has 8 nitrogen and oxygen atoms in total. The highest BCUT2D eigenvalue weighted by molar-refractivity contribution is 6.04. The van der Waals surface area contributed by atoms with E-state index in [4.69, 9.17) is 9.47 Å². The highest BCUT2D eigenvalue weighted by atomic mass is 16.5. The Balaban J connectivity index is 1.45. The quantitative estimate of drug-likeness (QED) is 0.494. The van der Waals surface area contributed by atoms with Crippen molar-refractivity contribution in [3.05, 3.63) is 89.7 Å². The number of nitrogens with one attached hydrogen (secondary N) is 1. The summed E-state index contributed by atoms with van der Waals surface area (Å²) in [5.41, 5.74) is 2.75. The van der Waals surface area contributed by atoms with E-state index in [2.05, 4.69) is 20.8 Å². The summed E-state index contributed by atoms with van der Waals surface area (Å²) in [4.78, 5) is 12.7. The van der Waals surface area contributed by atoms with Gasteiger partial charge in [0.2, 0.25) is 0 Å². The van der Waals surface area contributed by atoms with E-state index < -0.39 is 0 Å². The molecule has 0 bridgehead atoms. The van der Waals surface area contributed by atoms with Crippen LogP contribution in [-0.2, 0) is 6.61 Å². The van der Waals surface area contributed by atoms with Crippen LogP contribution in [0.25, 0.3) is 5.69 Å². The van der Waals surface area contributed by atoms with Crippen LogP contribution in [0.3, 0.4) is 0 Å². The monoisotopic (exact) mass is 415 g/mol. The Morgan fingerprint density at radius 1 is 1.03 bits per heavy atom. The van der Waals surface area contributed by atoms with Crippen LogP contribution in [0.5, 0.6) is 11.5 Å². The Bertz CT molecular complexity index is 1170. The minimum absolute atomic E-state index is 0.222. The number of anilines is 1. The van der Waals surface area contributed by atoms with Crippen molar-refractivity contribution in [2.75, 3.05) is 12.4 Å². The molecule has 31 heavy (non-hydrogen) atoms. The van der Waals surface area contributed by atoms with Gasteiger partial charge in [-0.15, -0.1) is 5.10 Å². The normalized spacial score (nSPS) is 10.5. The van der Waals surface area contributed by atoms with Crippen molar-refractivity contribution in [3.63, 3.8) is 0 Å². The molecule has 3 aromatic carbocycles. The van der Waals surface area contributed by atoms with Gasteiger partial charge >= 0.3 is 0 Å². The van der Waals surface area contributed by atoms with Crippen LogP contribution in [0.15, 0.2) is 72.8 Å². The van der Waals surface area contributed by atoms with Crippen molar-refractivity contribution < 1.29 is 14.3 Å². The molecule has 1 N–H and O–H groups in total. The second kappa shape index (κ2) is 9.08. The maximum Gasteiger partial charge on any atom is 0.255 e. The summed E-state index contributed by atoms with van der Waals surface area (Å²) >= 11 is 0. The third-order valence-corrected chi connectivity index (χ3v) is 4.66. The van der Waals surface area contributed by atoms with E-state index in [0.29, 0.717) is 35.1 Å². The predicted molar refractivity (Wildman–Crippen MR) is 116 cm³/mol. The molecule has 0 unspecified atom stereocenters. The maximum absolute atomic E-state index is 12.7. The van der Waals surface area contributed by atoms with Crippen LogP contribution in [0, 0.1) is 6.92 Å². The number of carbonyl (C=O) groups is 1. The highest BCUT2D eigenvalue weighted by Crippen LogP contribution is 2.26. The van der Waals surface area contributed by atoms with E-state index in [1.807, 2.05) is 42.5 Å². The van der Waals surface area contributed by atoms with Crippen LogP contribution in [0.2, 0.25) is 0 Å². The molecule has 4 aromatic rings. The van der Waals surface area contributed by atoms with Gasteiger partial charge in [0.15, 0.2) is 5.82 Å². The van der Waals surface area contributed by atoms with Gasteiger partial charge in [0, 0.05) is 11.3 Å². The molecule has 156 valence electrons. The fourth-order valence-electron chi connectivity index (χ4n) is 3.03. The van der Waals surface area contributed by atoms with E-state index >= 15 is 0 Å². The Hall–Kier alpha value is -4.20. The second-order valence-corrected chi connectivity index (χ2v) is 6.78. The molecule has 4 rings (SSSR count). The maximum atomic E-state index is 12.7. The first-order valence-corrected chi connectivity index (χ1v) is 9.65. The lowest BCUT2D eigenvalue weighted by Gasteiger charge is -2.12. The second-order valence-electron chi connectivity index (χ2n) is 6.78. The van der Waals surface area contributed by atoms with Crippen molar-refractivity contribution >= 4 is 11.6 Å². The van der Waals surface area contributed by atoms with Crippen LogP contribution in [-0.4, -0.2) is 33.2 Å². The SMILES string of the molecule is COc1ccc(NC(=O)c2ccc(COc3ccccc3)cc2)cc1-n1nnnc1C. The minimum atomic E-state index is -0.222. The summed E-state index contributed by atoms with van der Waals surface area (Å²) in [6, 6.07) is 22.2. The van der Waals surface area contributed by atoms with Gasteiger partial charge in [0.25, 0.3) is 5.91 Å². The van der Waals surface area contributed by atoms with Crippen molar-refractivity contribution in [2.45, 2.75) is 13.5 Å². The molecule has 1 heterocycles. The Kier molecular flexibility index (Phi) is 5.89. The van der Waals surface area contributed by atoms with Gasteiger partial charge in [-0.05, 0) is 65.4 Å². The minimum Gasteiger partial charge on any atom is -0.494 e. The first-order valence-electron chi connectivity index (χ1n) is 9.65. The van der Waals surface area contributed by atoms with E-state index in [1.54, 1.807) is 49.0 Å². The predicted octanol–water partition coefficient (Wildman–Crippen LogP) is 3.81. The number of hydrogen-bond donors (Lipinski definition) is 1. The number of nitrogens with zero attached hydrogens (tertiary/aromatic N) is 4. The average Bonchev–Trinajstić information content (AvgIpc) is 3.24. The fraction of sp³-hybridized carbons (Fsp3) is 0.130. The van der Waals surface area contributed by atoms with Crippen LogP contribution in [0.1, 0.15) is 21.7 Å². The van der Waals surface area contributed by atoms with E-state index in [1.165, 1.54) is 0 Å². The van der Waals surface area contributed by atoms with Gasteiger partial charge in [-0.1, -0.05) is 30.3 Å². The Morgan fingerprint density at radius 3 is 2.48 bits per heavy atom. The summed E-state index contributed by atoms with van der Waals surface area (Å²) in [5, 5.41) is 14.4. The molecule has 0 fully saturated rings. The number of benzene rings is 3. The summed E-state index contributed by atoms with van der Waals surface area (Å²) in [5.74, 6) is 1.78. The van der Waals surface area contributed by atoms with Gasteiger partial charge < -0.3 is 14.8 Å². The topological polar surface area (TPSA) is 91.2 Å². The lowest BCUT2D eigenvalue weighted by Crippen LogP contribution is -2.13. The molecule has 0 spiro atoms. The van der Waals surface area contributed by atoms with Gasteiger partial charge in [-0.2, -0.15) is 4.68 Å². The van der Waals surface area contributed by atoms with E-state index in [-0.39, 0.29) is 5.91 Å². The number of hydrogen-bond acceptors (Lipinski definition) is 6. The molecule has 1 amide bonds. The smallest absolute Gasteiger partial charge is 0.255 e. The lowest BCUT2D eigenvalue weighted by molar-refractivity contribution is 0.102. The van der Waals surface area contributed by atoms with Crippen molar-refractivity contribution in [1.82, 2.24) is 20.2 Å². The number of para-hydroxylation sites is 1. The van der Waals surface area contributed by atoms with Crippen LogP contribution in [0.4, 0.5) is 5.69 Å². The van der Waals surface area contributed by atoms with Crippen molar-refractivity contribution in [2.24, 2.45) is 0 Å². The largest absolute Gasteiger partial charge is 0.494 e. The molecule has 0 aliphatic carbocycles. The third-order valence-electron chi connectivity index (χ3n) is 4.66. The molecule has 0 radical (unpaired) electrons. The number of tetrazole rings is 1. The zero-order chi connectivity index (χ0) is 21.6. The molecule has 0 aliphatic rings. The average molecular weight is 415 g/mol. The number of amides is 1. The molecule has 1 aromatic heterocycles. The molecule has 0 saturated carbocycles. The number of aromatic nitrogens is 4. The molecule has 0 saturated heterocycles. The lowest BCUT2D eigenvalue weighted by atomic mass is 10.1. The number of carbonyl (C=O) groups excluding carboxylic acids is 1. The molecule has 0 aliphatic heterocycles. The summed E-state index contributed by atoms with van der Waals surface area (Å²) in [6.07, 6.45) is 0. The molecule has 0 atom stereocenters. The van der Waals surface area contributed by atoms with E-state index in [9.17, 15) is 4.79 Å². The van der Waals surface area contributed by atoms with Crippen molar-refractivity contribution in [1.29, 1.82) is 0 Å². The van der Waals surface area contributed by atoms with Gasteiger partial charge in [-0.3, -0.25) is 4.79 Å². The third kappa shape index (κ3) is 4.69. The summed E-state index contributed by atoms with van der Waals surface area (Å²) in [6.45, 7) is 2.22. The van der Waals surface area contributed by atoms with Gasteiger partial charge in [0.05, 0.1) is 7.11 Å². The van der Waals surface area contributed by atoms with Gasteiger partial charge in [-0.25, -0.2) is 0 Å². The van der Waals surface area contributed by atoms with Crippen molar-refractivity contribution in [3.8, 4) is 17.2 Å². The summed E-state index contributed by atoms with van der Waals surface area (Å²) in [7, 11) is 1.57. The number of aryl methyl sites for hydroxylation is 1. The highest BCUT2D eigenvalue weighted by Gasteiger charge is 2.13.